The lowest BCUT2D eigenvalue weighted by Crippen LogP contribution is -2.13. The Morgan fingerprint density at radius 1 is 1.17 bits per heavy atom. The molecule has 0 atom stereocenters. The molecular formula is C19H12ClN5O3S2. The largest absolute Gasteiger partial charge is 0.456 e. The molecule has 0 radical (unpaired) electrons. The third-order valence-corrected chi connectivity index (χ3v) is 6.48. The zero-order valence-corrected chi connectivity index (χ0v) is 17.4. The zero-order valence-electron chi connectivity index (χ0n) is 15.0. The van der Waals surface area contributed by atoms with Gasteiger partial charge in [0.2, 0.25) is 0 Å². The van der Waals surface area contributed by atoms with Gasteiger partial charge < -0.3 is 4.74 Å². The molecule has 2 heterocycles. The molecule has 0 spiro atoms. The van der Waals surface area contributed by atoms with Gasteiger partial charge in [0.05, 0.1) is 21.2 Å². The summed E-state index contributed by atoms with van der Waals surface area (Å²) in [6.07, 6.45) is 3.09. The van der Waals surface area contributed by atoms with E-state index in [2.05, 4.69) is 19.9 Å². The number of thiazole rings is 1. The Morgan fingerprint density at radius 2 is 2.03 bits per heavy atom. The van der Waals surface area contributed by atoms with Crippen LogP contribution in [-0.2, 0) is 10.0 Å². The van der Waals surface area contributed by atoms with Crippen molar-refractivity contribution in [2.75, 3.05) is 4.72 Å². The molecule has 0 aliphatic heterocycles. The van der Waals surface area contributed by atoms with Crippen molar-refractivity contribution in [1.82, 2.24) is 15.2 Å². The van der Waals surface area contributed by atoms with Crippen LogP contribution in [0.2, 0.25) is 5.02 Å². The van der Waals surface area contributed by atoms with Crippen molar-refractivity contribution < 1.29 is 13.2 Å². The SMILES string of the molecule is N#Cc1cc(S(=O)(=O)Nc2nccs2)ccc1Oc1ccc(Cl)c(-c2ccn[nH]2)c1. The molecule has 0 aliphatic carbocycles. The quantitative estimate of drug-likeness (QED) is 0.434. The number of hydrogen-bond donors (Lipinski definition) is 2. The molecule has 2 aromatic heterocycles. The second-order valence-electron chi connectivity index (χ2n) is 5.93. The summed E-state index contributed by atoms with van der Waals surface area (Å²) >= 11 is 7.40. The van der Waals surface area contributed by atoms with E-state index >= 15 is 0 Å². The minimum absolute atomic E-state index is 0.0649. The Labute approximate surface area is 180 Å². The van der Waals surface area contributed by atoms with Crippen LogP contribution in [0.1, 0.15) is 5.56 Å². The van der Waals surface area contributed by atoms with Crippen LogP contribution in [0.15, 0.2) is 65.1 Å². The van der Waals surface area contributed by atoms with Crippen molar-refractivity contribution in [3.8, 4) is 28.8 Å². The topological polar surface area (TPSA) is 121 Å². The average Bonchev–Trinajstić information content (AvgIpc) is 3.43. The maximum atomic E-state index is 12.5. The summed E-state index contributed by atoms with van der Waals surface area (Å²) in [7, 11) is -3.88. The Hall–Kier alpha value is -3.39. The van der Waals surface area contributed by atoms with Gasteiger partial charge in [-0.05, 0) is 42.5 Å². The predicted molar refractivity (Wildman–Crippen MR) is 113 cm³/mol. The lowest BCUT2D eigenvalue weighted by Gasteiger charge is -2.11. The van der Waals surface area contributed by atoms with E-state index < -0.39 is 10.0 Å². The van der Waals surface area contributed by atoms with Gasteiger partial charge in [-0.1, -0.05) is 11.6 Å². The van der Waals surface area contributed by atoms with Crippen LogP contribution in [0.5, 0.6) is 11.5 Å². The van der Waals surface area contributed by atoms with E-state index in [9.17, 15) is 13.7 Å². The number of ether oxygens (including phenoxy) is 1. The first-order valence-corrected chi connectivity index (χ1v) is 11.1. The highest BCUT2D eigenvalue weighted by atomic mass is 35.5. The Balaban J connectivity index is 1.63. The van der Waals surface area contributed by atoms with E-state index in [1.807, 2.05) is 6.07 Å². The molecule has 4 aromatic rings. The minimum Gasteiger partial charge on any atom is -0.456 e. The van der Waals surface area contributed by atoms with E-state index in [0.717, 1.165) is 11.3 Å². The third-order valence-electron chi connectivity index (χ3n) is 3.99. The van der Waals surface area contributed by atoms with Crippen LogP contribution in [-0.4, -0.2) is 23.6 Å². The van der Waals surface area contributed by atoms with Gasteiger partial charge in [-0.25, -0.2) is 13.4 Å². The summed E-state index contributed by atoms with van der Waals surface area (Å²) in [6, 6.07) is 12.8. The number of nitrogens with zero attached hydrogens (tertiary/aromatic N) is 3. The van der Waals surface area contributed by atoms with Crippen molar-refractivity contribution in [3.05, 3.63) is 70.8 Å². The molecule has 11 heteroatoms. The zero-order chi connectivity index (χ0) is 21.1. The lowest BCUT2D eigenvalue weighted by atomic mass is 10.1. The third kappa shape index (κ3) is 4.13. The first-order valence-electron chi connectivity index (χ1n) is 8.40. The summed E-state index contributed by atoms with van der Waals surface area (Å²) in [5.74, 6) is 0.639. The van der Waals surface area contributed by atoms with E-state index in [0.29, 0.717) is 22.0 Å². The number of sulfonamides is 1. The monoisotopic (exact) mass is 457 g/mol. The van der Waals surface area contributed by atoms with Crippen molar-refractivity contribution >= 4 is 38.1 Å². The number of benzene rings is 2. The summed E-state index contributed by atoms with van der Waals surface area (Å²) < 4.78 is 33.3. The fraction of sp³-hybridized carbons (Fsp3) is 0. The Morgan fingerprint density at radius 3 is 2.73 bits per heavy atom. The van der Waals surface area contributed by atoms with Gasteiger partial charge in [-0.2, -0.15) is 10.4 Å². The van der Waals surface area contributed by atoms with Gasteiger partial charge in [0.1, 0.15) is 17.6 Å². The molecule has 0 fully saturated rings. The normalized spacial score (nSPS) is 11.1. The number of nitriles is 1. The van der Waals surface area contributed by atoms with E-state index in [4.69, 9.17) is 16.3 Å². The van der Waals surface area contributed by atoms with Crippen LogP contribution in [0.4, 0.5) is 5.13 Å². The highest BCUT2D eigenvalue weighted by Gasteiger charge is 2.18. The second kappa shape index (κ2) is 8.16. The molecule has 150 valence electrons. The number of anilines is 1. The van der Waals surface area contributed by atoms with Gasteiger partial charge in [0.25, 0.3) is 10.0 Å². The maximum absolute atomic E-state index is 12.5. The lowest BCUT2D eigenvalue weighted by molar-refractivity contribution is 0.480. The smallest absolute Gasteiger partial charge is 0.263 e. The number of hydrogen-bond acceptors (Lipinski definition) is 7. The maximum Gasteiger partial charge on any atom is 0.263 e. The van der Waals surface area contributed by atoms with Gasteiger partial charge in [0.15, 0.2) is 5.13 Å². The molecule has 0 unspecified atom stereocenters. The molecule has 0 saturated heterocycles. The number of nitrogens with one attached hydrogen (secondary N) is 2. The highest BCUT2D eigenvalue weighted by molar-refractivity contribution is 7.93. The summed E-state index contributed by atoms with van der Waals surface area (Å²) in [5.41, 5.74) is 1.45. The fourth-order valence-corrected chi connectivity index (χ4v) is 4.64. The average molecular weight is 458 g/mol. The number of rotatable bonds is 6. The van der Waals surface area contributed by atoms with Crippen LogP contribution >= 0.6 is 22.9 Å². The van der Waals surface area contributed by atoms with Crippen LogP contribution in [0.3, 0.4) is 0 Å². The van der Waals surface area contributed by atoms with Crippen molar-refractivity contribution in [3.63, 3.8) is 0 Å². The van der Waals surface area contributed by atoms with Crippen LogP contribution in [0, 0.1) is 11.3 Å². The standard InChI is InChI=1S/C19H12ClN5O3S2/c20-16-3-1-13(10-15(16)17-5-6-23-24-17)28-18-4-2-14(9-12(18)11-21)30(26,27)25-19-22-7-8-29-19/h1-10H,(H,22,25)(H,23,24). The van der Waals surface area contributed by atoms with E-state index in [-0.39, 0.29) is 21.3 Å². The Bertz CT molecular complexity index is 1330. The number of halogens is 1. The molecule has 2 N–H and O–H groups in total. The fourth-order valence-electron chi connectivity index (χ4n) is 2.61. The molecule has 2 aromatic carbocycles. The molecule has 0 saturated carbocycles. The number of aromatic amines is 1. The molecule has 0 bridgehead atoms. The van der Waals surface area contributed by atoms with Gasteiger partial charge in [0, 0.05) is 23.3 Å². The van der Waals surface area contributed by atoms with Gasteiger partial charge >= 0.3 is 0 Å². The molecule has 30 heavy (non-hydrogen) atoms. The van der Waals surface area contributed by atoms with Crippen molar-refractivity contribution in [1.29, 1.82) is 5.26 Å². The molecular weight excluding hydrogens is 446 g/mol. The summed E-state index contributed by atoms with van der Waals surface area (Å²) in [6.45, 7) is 0. The summed E-state index contributed by atoms with van der Waals surface area (Å²) in [4.78, 5) is 3.83. The highest BCUT2D eigenvalue weighted by Crippen LogP contribution is 2.34. The summed E-state index contributed by atoms with van der Waals surface area (Å²) in [5, 5.41) is 18.6. The molecule has 4 rings (SSSR count). The van der Waals surface area contributed by atoms with E-state index in [1.54, 1.807) is 35.8 Å². The predicted octanol–water partition coefficient (Wildman–Crippen LogP) is 4.65. The van der Waals surface area contributed by atoms with Crippen molar-refractivity contribution in [2.45, 2.75) is 4.90 Å². The number of H-pyrrole nitrogens is 1. The Kier molecular flexibility index (Phi) is 5.41. The second-order valence-corrected chi connectivity index (χ2v) is 8.91. The molecule has 8 nitrogen and oxygen atoms in total. The van der Waals surface area contributed by atoms with Gasteiger partial charge in [-0.15, -0.1) is 11.3 Å². The minimum atomic E-state index is -3.88. The van der Waals surface area contributed by atoms with Crippen LogP contribution in [0.25, 0.3) is 11.3 Å². The molecule has 0 amide bonds. The first-order chi connectivity index (χ1) is 14.5. The first kappa shape index (κ1) is 19.9. The van der Waals surface area contributed by atoms with Crippen LogP contribution < -0.4 is 9.46 Å². The number of aromatic nitrogens is 3. The van der Waals surface area contributed by atoms with Gasteiger partial charge in [-0.3, -0.25) is 9.82 Å². The van der Waals surface area contributed by atoms with E-state index in [1.165, 1.54) is 24.4 Å². The molecule has 0 aliphatic rings. The van der Waals surface area contributed by atoms with Crippen molar-refractivity contribution in [2.24, 2.45) is 0 Å².